The van der Waals surface area contributed by atoms with Crippen LogP contribution in [0, 0.1) is 5.41 Å². The van der Waals surface area contributed by atoms with Crippen molar-refractivity contribution in [2.24, 2.45) is 5.41 Å². The molecule has 1 N–H and O–H groups in total. The standard InChI is InChI=1S/C19H33N/c1-9-19(6,7)18(20-8)16-11-10-15(13(2)3)12-17(16)14(4)5/h10-14,18,20H,9H2,1-8H3. The Hall–Kier alpha value is -0.820. The average Bonchev–Trinajstić information content (AvgIpc) is 2.39. The van der Waals surface area contributed by atoms with Gasteiger partial charge in [-0.05, 0) is 47.4 Å². The SMILES string of the molecule is CCC(C)(C)C(NC)c1ccc(C(C)C)cc1C(C)C. The van der Waals surface area contributed by atoms with Gasteiger partial charge in [0, 0.05) is 6.04 Å². The van der Waals surface area contributed by atoms with Crippen LogP contribution in [0.2, 0.25) is 0 Å². The Bertz CT molecular complexity index is 429. The summed E-state index contributed by atoms with van der Waals surface area (Å²) in [5, 5.41) is 3.55. The first-order chi connectivity index (χ1) is 9.24. The van der Waals surface area contributed by atoms with Gasteiger partial charge in [-0.2, -0.15) is 0 Å². The largest absolute Gasteiger partial charge is 0.313 e. The molecule has 1 heteroatoms. The molecule has 1 aromatic rings. The van der Waals surface area contributed by atoms with Crippen molar-refractivity contribution in [3.05, 3.63) is 34.9 Å². The molecular formula is C19H33N. The molecule has 0 saturated heterocycles. The lowest BCUT2D eigenvalue weighted by molar-refractivity contribution is 0.244. The summed E-state index contributed by atoms with van der Waals surface area (Å²) >= 11 is 0. The fourth-order valence-corrected chi connectivity index (χ4v) is 2.89. The van der Waals surface area contributed by atoms with Crippen LogP contribution < -0.4 is 5.32 Å². The van der Waals surface area contributed by atoms with Gasteiger partial charge in [0.05, 0.1) is 0 Å². The summed E-state index contributed by atoms with van der Waals surface area (Å²) < 4.78 is 0. The molecular weight excluding hydrogens is 242 g/mol. The van der Waals surface area contributed by atoms with Crippen molar-refractivity contribution in [1.82, 2.24) is 5.32 Å². The summed E-state index contributed by atoms with van der Waals surface area (Å²) in [6.45, 7) is 16.1. The molecule has 1 nitrogen and oxygen atoms in total. The normalized spacial score (nSPS) is 14.1. The Morgan fingerprint density at radius 3 is 2.00 bits per heavy atom. The number of rotatable bonds is 6. The first-order valence-electron chi connectivity index (χ1n) is 8.05. The van der Waals surface area contributed by atoms with Crippen LogP contribution in [0.15, 0.2) is 18.2 Å². The van der Waals surface area contributed by atoms with Crippen LogP contribution in [0.5, 0.6) is 0 Å². The molecule has 0 bridgehead atoms. The van der Waals surface area contributed by atoms with Crippen molar-refractivity contribution in [1.29, 1.82) is 0 Å². The zero-order valence-electron chi connectivity index (χ0n) is 14.7. The first-order valence-corrected chi connectivity index (χ1v) is 8.05. The quantitative estimate of drug-likeness (QED) is 0.709. The number of hydrogen-bond donors (Lipinski definition) is 1. The minimum atomic E-state index is 0.262. The van der Waals surface area contributed by atoms with E-state index in [9.17, 15) is 0 Å². The Morgan fingerprint density at radius 1 is 1.00 bits per heavy atom. The predicted octanol–water partition coefficient (Wildman–Crippen LogP) is 5.63. The molecule has 0 amide bonds. The van der Waals surface area contributed by atoms with Crippen LogP contribution >= 0.6 is 0 Å². The van der Waals surface area contributed by atoms with Gasteiger partial charge in [0.2, 0.25) is 0 Å². The van der Waals surface area contributed by atoms with Crippen LogP contribution in [0.3, 0.4) is 0 Å². The van der Waals surface area contributed by atoms with Gasteiger partial charge in [0.1, 0.15) is 0 Å². The van der Waals surface area contributed by atoms with Gasteiger partial charge in [0.15, 0.2) is 0 Å². The summed E-state index contributed by atoms with van der Waals surface area (Å²) in [4.78, 5) is 0. The van der Waals surface area contributed by atoms with E-state index in [1.54, 1.807) is 0 Å². The Balaban J connectivity index is 3.35. The van der Waals surface area contributed by atoms with E-state index in [-0.39, 0.29) is 5.41 Å². The second-order valence-corrected chi connectivity index (χ2v) is 7.26. The molecule has 114 valence electrons. The Kier molecular flexibility index (Phi) is 5.82. The third-order valence-corrected chi connectivity index (χ3v) is 4.69. The van der Waals surface area contributed by atoms with E-state index in [2.05, 4.69) is 79.0 Å². The second kappa shape index (κ2) is 6.76. The lowest BCUT2D eigenvalue weighted by Crippen LogP contribution is -2.32. The van der Waals surface area contributed by atoms with Gasteiger partial charge >= 0.3 is 0 Å². The number of hydrogen-bond acceptors (Lipinski definition) is 1. The molecule has 0 heterocycles. The van der Waals surface area contributed by atoms with Crippen molar-refractivity contribution in [2.45, 2.75) is 72.8 Å². The van der Waals surface area contributed by atoms with Crippen LogP contribution in [0.4, 0.5) is 0 Å². The van der Waals surface area contributed by atoms with Gasteiger partial charge in [-0.15, -0.1) is 0 Å². The Labute approximate surface area is 126 Å². The first kappa shape index (κ1) is 17.2. The van der Waals surface area contributed by atoms with E-state index in [1.165, 1.54) is 23.1 Å². The zero-order valence-corrected chi connectivity index (χ0v) is 14.7. The minimum absolute atomic E-state index is 0.262. The lowest BCUT2D eigenvalue weighted by atomic mass is 9.75. The number of benzene rings is 1. The predicted molar refractivity (Wildman–Crippen MR) is 90.5 cm³/mol. The average molecular weight is 275 g/mol. The fourth-order valence-electron chi connectivity index (χ4n) is 2.89. The number of nitrogens with one attached hydrogen (secondary N) is 1. The zero-order chi connectivity index (χ0) is 15.5. The van der Waals surface area contributed by atoms with Crippen LogP contribution in [0.25, 0.3) is 0 Å². The molecule has 0 spiro atoms. The van der Waals surface area contributed by atoms with Gasteiger partial charge < -0.3 is 5.32 Å². The third-order valence-electron chi connectivity index (χ3n) is 4.69. The minimum Gasteiger partial charge on any atom is -0.313 e. The molecule has 20 heavy (non-hydrogen) atoms. The highest BCUT2D eigenvalue weighted by atomic mass is 14.9. The van der Waals surface area contributed by atoms with Gasteiger partial charge in [-0.25, -0.2) is 0 Å². The third kappa shape index (κ3) is 3.63. The van der Waals surface area contributed by atoms with Crippen molar-refractivity contribution in [3.8, 4) is 0 Å². The van der Waals surface area contributed by atoms with E-state index >= 15 is 0 Å². The molecule has 1 rings (SSSR count). The summed E-state index contributed by atoms with van der Waals surface area (Å²) in [5.41, 5.74) is 4.68. The van der Waals surface area contributed by atoms with E-state index in [0.717, 1.165) is 0 Å². The van der Waals surface area contributed by atoms with Crippen LogP contribution in [-0.2, 0) is 0 Å². The van der Waals surface area contributed by atoms with Crippen LogP contribution in [0.1, 0.15) is 89.5 Å². The van der Waals surface area contributed by atoms with Crippen molar-refractivity contribution < 1.29 is 0 Å². The molecule has 1 unspecified atom stereocenters. The monoisotopic (exact) mass is 275 g/mol. The highest BCUT2D eigenvalue weighted by Gasteiger charge is 2.30. The highest BCUT2D eigenvalue weighted by molar-refractivity contribution is 5.38. The molecule has 0 aliphatic heterocycles. The Morgan fingerprint density at radius 2 is 1.60 bits per heavy atom. The molecule has 0 aromatic heterocycles. The summed E-state index contributed by atoms with van der Waals surface area (Å²) in [6, 6.07) is 7.48. The van der Waals surface area contributed by atoms with E-state index in [4.69, 9.17) is 0 Å². The maximum absolute atomic E-state index is 3.55. The van der Waals surface area contributed by atoms with E-state index in [1.807, 2.05) is 0 Å². The molecule has 0 fully saturated rings. The van der Waals surface area contributed by atoms with Crippen molar-refractivity contribution in [2.75, 3.05) is 7.05 Å². The topological polar surface area (TPSA) is 12.0 Å². The summed E-state index contributed by atoms with van der Waals surface area (Å²) in [7, 11) is 2.09. The van der Waals surface area contributed by atoms with Crippen molar-refractivity contribution >= 4 is 0 Å². The highest BCUT2D eigenvalue weighted by Crippen LogP contribution is 2.39. The molecule has 0 saturated carbocycles. The van der Waals surface area contributed by atoms with Gasteiger partial charge in [0.25, 0.3) is 0 Å². The summed E-state index contributed by atoms with van der Waals surface area (Å²) in [6.07, 6.45) is 1.17. The van der Waals surface area contributed by atoms with Crippen LogP contribution in [-0.4, -0.2) is 7.05 Å². The van der Waals surface area contributed by atoms with Gasteiger partial charge in [-0.3, -0.25) is 0 Å². The molecule has 1 atom stereocenters. The molecule has 1 aromatic carbocycles. The van der Waals surface area contributed by atoms with Crippen molar-refractivity contribution in [3.63, 3.8) is 0 Å². The summed E-state index contributed by atoms with van der Waals surface area (Å²) in [5.74, 6) is 1.15. The van der Waals surface area contributed by atoms with E-state index < -0.39 is 0 Å². The lowest BCUT2D eigenvalue weighted by Gasteiger charge is -2.36. The smallest absolute Gasteiger partial charge is 0.0372 e. The second-order valence-electron chi connectivity index (χ2n) is 7.26. The molecule has 0 aliphatic carbocycles. The molecule has 0 aliphatic rings. The van der Waals surface area contributed by atoms with E-state index in [0.29, 0.717) is 17.9 Å². The van der Waals surface area contributed by atoms with Gasteiger partial charge in [-0.1, -0.05) is 66.7 Å². The maximum Gasteiger partial charge on any atom is 0.0372 e. The molecule has 0 radical (unpaired) electrons. The fraction of sp³-hybridized carbons (Fsp3) is 0.684. The maximum atomic E-state index is 3.55.